The van der Waals surface area contributed by atoms with Gasteiger partial charge in [-0.15, -0.1) is 0 Å². The first kappa shape index (κ1) is 11.9. The van der Waals surface area contributed by atoms with E-state index in [9.17, 15) is 12.8 Å². The van der Waals surface area contributed by atoms with Crippen LogP contribution in [0.5, 0.6) is 0 Å². The summed E-state index contributed by atoms with van der Waals surface area (Å²) in [5.41, 5.74) is 0.844. The number of benzene rings is 1. The zero-order chi connectivity index (χ0) is 11.8. The average Bonchev–Trinajstić information content (AvgIpc) is 2.19. The molecule has 0 aromatic heterocycles. The summed E-state index contributed by atoms with van der Waals surface area (Å²) in [6.07, 6.45) is 0. The van der Waals surface area contributed by atoms with Gasteiger partial charge in [0.1, 0.15) is 5.82 Å². The Bertz CT molecular complexity index is 490. The summed E-state index contributed by atoms with van der Waals surface area (Å²) in [5, 5.41) is 0. The summed E-state index contributed by atoms with van der Waals surface area (Å²) >= 11 is 3.28. The highest BCUT2D eigenvalue weighted by molar-refractivity contribution is 9.10. The topological polar surface area (TPSA) is 37.4 Å². The highest BCUT2D eigenvalue weighted by Crippen LogP contribution is 2.27. The van der Waals surface area contributed by atoms with E-state index in [-0.39, 0.29) is 17.3 Å². The van der Waals surface area contributed by atoms with Crippen LogP contribution in [0.15, 0.2) is 22.7 Å². The molecule has 0 amide bonds. The maximum absolute atomic E-state index is 12.9. The molecule has 1 aliphatic rings. The monoisotopic (exact) mass is 307 g/mol. The van der Waals surface area contributed by atoms with Crippen LogP contribution in [-0.2, 0) is 9.84 Å². The Labute approximate surface area is 102 Å². The Morgan fingerprint density at radius 3 is 2.44 bits per heavy atom. The molecule has 0 N–H and O–H groups in total. The van der Waals surface area contributed by atoms with Crippen molar-refractivity contribution in [1.82, 2.24) is 0 Å². The van der Waals surface area contributed by atoms with E-state index < -0.39 is 9.84 Å². The molecule has 0 radical (unpaired) electrons. The van der Waals surface area contributed by atoms with Gasteiger partial charge in [-0.1, -0.05) is 0 Å². The van der Waals surface area contributed by atoms with Gasteiger partial charge in [0.05, 0.1) is 17.2 Å². The first-order valence-electron chi connectivity index (χ1n) is 4.88. The maximum atomic E-state index is 12.9. The molecule has 6 heteroatoms. The Morgan fingerprint density at radius 2 is 1.88 bits per heavy atom. The molecule has 1 heterocycles. The highest BCUT2D eigenvalue weighted by Gasteiger charge is 2.22. The van der Waals surface area contributed by atoms with E-state index in [0.717, 1.165) is 5.69 Å². The van der Waals surface area contributed by atoms with Crippen LogP contribution in [0.25, 0.3) is 0 Å². The first-order valence-corrected chi connectivity index (χ1v) is 7.50. The molecule has 88 valence electrons. The third-order valence-electron chi connectivity index (χ3n) is 2.59. The number of halogens is 2. The van der Waals surface area contributed by atoms with E-state index in [1.165, 1.54) is 12.1 Å². The molecule has 0 saturated carbocycles. The smallest absolute Gasteiger partial charge is 0.153 e. The van der Waals surface area contributed by atoms with Gasteiger partial charge in [-0.25, -0.2) is 12.8 Å². The Balaban J connectivity index is 2.20. The van der Waals surface area contributed by atoms with Crippen molar-refractivity contribution in [2.45, 2.75) is 0 Å². The molecule has 1 aliphatic heterocycles. The van der Waals surface area contributed by atoms with E-state index in [4.69, 9.17) is 0 Å². The van der Waals surface area contributed by atoms with Gasteiger partial charge in [0, 0.05) is 17.6 Å². The van der Waals surface area contributed by atoms with Crippen molar-refractivity contribution in [3.05, 3.63) is 28.5 Å². The van der Waals surface area contributed by atoms with Gasteiger partial charge < -0.3 is 4.90 Å². The molecule has 2 rings (SSSR count). The average molecular weight is 308 g/mol. The fourth-order valence-corrected chi connectivity index (χ4v) is 3.49. The predicted molar refractivity (Wildman–Crippen MR) is 65.0 cm³/mol. The van der Waals surface area contributed by atoms with Gasteiger partial charge in [0.15, 0.2) is 9.84 Å². The van der Waals surface area contributed by atoms with Gasteiger partial charge in [0.25, 0.3) is 0 Å². The molecule has 0 unspecified atom stereocenters. The zero-order valence-electron chi connectivity index (χ0n) is 8.49. The molecule has 0 atom stereocenters. The fraction of sp³-hybridized carbons (Fsp3) is 0.400. The van der Waals surface area contributed by atoms with E-state index in [1.54, 1.807) is 6.07 Å². The molecule has 1 aromatic carbocycles. The van der Waals surface area contributed by atoms with Crippen LogP contribution in [0, 0.1) is 5.82 Å². The minimum absolute atomic E-state index is 0.164. The third kappa shape index (κ3) is 2.55. The van der Waals surface area contributed by atoms with E-state index in [1.807, 2.05) is 4.90 Å². The van der Waals surface area contributed by atoms with Crippen molar-refractivity contribution in [2.24, 2.45) is 0 Å². The molecule has 1 fully saturated rings. The van der Waals surface area contributed by atoms with Crippen LogP contribution in [-0.4, -0.2) is 33.0 Å². The van der Waals surface area contributed by atoms with Gasteiger partial charge in [-0.3, -0.25) is 0 Å². The van der Waals surface area contributed by atoms with Crippen LogP contribution in [0.2, 0.25) is 0 Å². The van der Waals surface area contributed by atoms with E-state index >= 15 is 0 Å². The summed E-state index contributed by atoms with van der Waals surface area (Å²) in [6, 6.07) is 4.43. The molecular formula is C10H11BrFNO2S. The lowest BCUT2D eigenvalue weighted by atomic mass is 10.3. The minimum atomic E-state index is -2.88. The normalized spacial score (nSPS) is 19.8. The van der Waals surface area contributed by atoms with Crippen LogP contribution in [0.3, 0.4) is 0 Å². The number of nitrogens with zero attached hydrogens (tertiary/aromatic N) is 1. The van der Waals surface area contributed by atoms with Gasteiger partial charge in [0.2, 0.25) is 0 Å². The van der Waals surface area contributed by atoms with Crippen molar-refractivity contribution in [1.29, 1.82) is 0 Å². The second-order valence-electron chi connectivity index (χ2n) is 3.73. The predicted octanol–water partition coefficient (Wildman–Crippen LogP) is 1.82. The number of rotatable bonds is 1. The van der Waals surface area contributed by atoms with Crippen molar-refractivity contribution >= 4 is 31.5 Å². The number of anilines is 1. The van der Waals surface area contributed by atoms with Crippen molar-refractivity contribution in [3.8, 4) is 0 Å². The summed E-state index contributed by atoms with van der Waals surface area (Å²) in [6.45, 7) is 0.930. The molecule has 0 bridgehead atoms. The quantitative estimate of drug-likeness (QED) is 0.794. The lowest BCUT2D eigenvalue weighted by molar-refractivity contribution is 0.586. The summed E-state index contributed by atoms with van der Waals surface area (Å²) in [4.78, 5) is 1.95. The second kappa shape index (κ2) is 4.33. The minimum Gasteiger partial charge on any atom is -0.369 e. The van der Waals surface area contributed by atoms with Crippen molar-refractivity contribution in [3.63, 3.8) is 0 Å². The van der Waals surface area contributed by atoms with Gasteiger partial charge >= 0.3 is 0 Å². The fourth-order valence-electron chi connectivity index (χ4n) is 1.69. The SMILES string of the molecule is O=S1(=O)CCN(c2ccc(F)cc2Br)CC1. The van der Waals surface area contributed by atoms with Crippen LogP contribution in [0.1, 0.15) is 0 Å². The summed E-state index contributed by atoms with van der Waals surface area (Å²) in [5.74, 6) is 0.0217. The van der Waals surface area contributed by atoms with E-state index in [2.05, 4.69) is 15.9 Å². The van der Waals surface area contributed by atoms with Crippen LogP contribution in [0.4, 0.5) is 10.1 Å². The van der Waals surface area contributed by atoms with Crippen molar-refractivity contribution < 1.29 is 12.8 Å². The van der Waals surface area contributed by atoms with Crippen molar-refractivity contribution in [2.75, 3.05) is 29.5 Å². The number of hydrogen-bond donors (Lipinski definition) is 0. The third-order valence-corrected chi connectivity index (χ3v) is 4.84. The highest BCUT2D eigenvalue weighted by atomic mass is 79.9. The Hall–Kier alpha value is -0.620. The van der Waals surface area contributed by atoms with Gasteiger partial charge in [-0.05, 0) is 34.1 Å². The Kier molecular flexibility index (Phi) is 3.21. The maximum Gasteiger partial charge on any atom is 0.153 e. The number of hydrogen-bond acceptors (Lipinski definition) is 3. The molecule has 3 nitrogen and oxygen atoms in total. The molecule has 1 saturated heterocycles. The largest absolute Gasteiger partial charge is 0.369 e. The molecule has 0 spiro atoms. The second-order valence-corrected chi connectivity index (χ2v) is 6.89. The standard InChI is InChI=1S/C10H11BrFNO2S/c11-9-7-8(12)1-2-10(9)13-3-5-16(14,15)6-4-13/h1-2,7H,3-6H2. The molecule has 0 aliphatic carbocycles. The van der Waals surface area contributed by atoms with Gasteiger partial charge in [-0.2, -0.15) is 0 Å². The summed E-state index contributed by atoms with van der Waals surface area (Å²) < 4.78 is 36.1. The molecule has 1 aromatic rings. The molecular weight excluding hydrogens is 297 g/mol. The number of sulfone groups is 1. The zero-order valence-corrected chi connectivity index (χ0v) is 10.9. The van der Waals surface area contributed by atoms with Crippen LogP contribution < -0.4 is 4.90 Å². The van der Waals surface area contributed by atoms with Crippen LogP contribution >= 0.6 is 15.9 Å². The lowest BCUT2D eigenvalue weighted by Crippen LogP contribution is -2.40. The van der Waals surface area contributed by atoms with E-state index in [0.29, 0.717) is 17.6 Å². The lowest BCUT2D eigenvalue weighted by Gasteiger charge is -2.29. The first-order chi connectivity index (χ1) is 7.48. The Morgan fingerprint density at radius 1 is 1.25 bits per heavy atom. The molecule has 16 heavy (non-hydrogen) atoms. The summed E-state index contributed by atoms with van der Waals surface area (Å²) in [7, 11) is -2.88.